The van der Waals surface area contributed by atoms with E-state index in [4.69, 9.17) is 5.11 Å². The van der Waals surface area contributed by atoms with Crippen LogP contribution in [0.15, 0.2) is 40.6 Å². The normalized spacial score (nSPS) is 12.0. The highest BCUT2D eigenvalue weighted by molar-refractivity contribution is 7.91. The van der Waals surface area contributed by atoms with Gasteiger partial charge in [-0.2, -0.15) is 4.31 Å². The Morgan fingerprint density at radius 1 is 1.20 bits per heavy atom. The fraction of sp³-hybridized carbons (Fsp3) is 0.231. The summed E-state index contributed by atoms with van der Waals surface area (Å²) in [5, 5.41) is 8.98. The number of benzene rings is 1. The van der Waals surface area contributed by atoms with E-state index in [-0.39, 0.29) is 23.2 Å². The fourth-order valence-corrected chi connectivity index (χ4v) is 4.25. The summed E-state index contributed by atoms with van der Waals surface area (Å²) in [4.78, 5) is 0.596. The summed E-state index contributed by atoms with van der Waals surface area (Å²) in [6.07, 6.45) is 0. The van der Waals surface area contributed by atoms with Crippen molar-refractivity contribution in [2.75, 3.05) is 7.05 Å². The smallest absolute Gasteiger partial charge is 0.252 e. The number of aliphatic hydroxyl groups excluding tert-OH is 1. The number of hydrogen-bond acceptors (Lipinski definition) is 4. The zero-order chi connectivity index (χ0) is 14.8. The monoisotopic (exact) mass is 315 g/mol. The van der Waals surface area contributed by atoms with E-state index in [9.17, 15) is 12.8 Å². The van der Waals surface area contributed by atoms with Crippen LogP contribution in [0.2, 0.25) is 0 Å². The molecular weight excluding hydrogens is 301 g/mol. The highest BCUT2D eigenvalue weighted by Crippen LogP contribution is 2.25. The third-order valence-electron chi connectivity index (χ3n) is 2.78. The van der Waals surface area contributed by atoms with Gasteiger partial charge in [-0.25, -0.2) is 12.8 Å². The van der Waals surface area contributed by atoms with Crippen LogP contribution < -0.4 is 0 Å². The van der Waals surface area contributed by atoms with E-state index in [0.717, 1.165) is 11.3 Å². The van der Waals surface area contributed by atoms with Crippen LogP contribution in [0.25, 0.3) is 0 Å². The summed E-state index contributed by atoms with van der Waals surface area (Å²) >= 11 is 1.04. The number of sulfonamides is 1. The van der Waals surface area contributed by atoms with E-state index in [1.54, 1.807) is 18.2 Å². The van der Waals surface area contributed by atoms with Gasteiger partial charge in [0.05, 0.1) is 6.61 Å². The molecule has 0 aliphatic carbocycles. The standard InChI is InChI=1S/C13H14FNO3S2/c1-15(8-10-2-4-11(14)5-3-10)20(17,18)13-7-6-12(9-16)19-13/h2-7,16H,8-9H2,1H3. The van der Waals surface area contributed by atoms with E-state index in [0.29, 0.717) is 10.4 Å². The minimum atomic E-state index is -3.59. The summed E-state index contributed by atoms with van der Waals surface area (Å²) in [5.74, 6) is -0.356. The van der Waals surface area contributed by atoms with Crippen molar-refractivity contribution < 1.29 is 17.9 Å². The Hall–Kier alpha value is -1.28. The fourth-order valence-electron chi connectivity index (χ4n) is 1.67. The highest BCUT2D eigenvalue weighted by atomic mass is 32.2. The maximum absolute atomic E-state index is 12.8. The van der Waals surface area contributed by atoms with Crippen molar-refractivity contribution in [2.45, 2.75) is 17.4 Å². The molecule has 4 nitrogen and oxygen atoms in total. The van der Waals surface area contributed by atoms with E-state index < -0.39 is 10.0 Å². The predicted molar refractivity (Wildman–Crippen MR) is 75.3 cm³/mol. The molecule has 1 aromatic heterocycles. The van der Waals surface area contributed by atoms with Gasteiger partial charge in [0.15, 0.2) is 0 Å². The number of aliphatic hydroxyl groups is 1. The van der Waals surface area contributed by atoms with Gasteiger partial charge in [0.2, 0.25) is 0 Å². The number of nitrogens with zero attached hydrogens (tertiary/aromatic N) is 1. The van der Waals surface area contributed by atoms with Crippen molar-refractivity contribution >= 4 is 21.4 Å². The molecule has 0 radical (unpaired) electrons. The molecular formula is C13H14FNO3S2. The maximum atomic E-state index is 12.8. The first kappa shape index (κ1) is 15.1. The maximum Gasteiger partial charge on any atom is 0.252 e. The van der Waals surface area contributed by atoms with Crippen molar-refractivity contribution in [3.8, 4) is 0 Å². The molecule has 0 aliphatic rings. The molecule has 0 fully saturated rings. The van der Waals surface area contributed by atoms with Gasteiger partial charge in [-0.05, 0) is 29.8 Å². The minimum Gasteiger partial charge on any atom is -0.391 e. The summed E-state index contributed by atoms with van der Waals surface area (Å²) < 4.78 is 38.8. The van der Waals surface area contributed by atoms with Crippen LogP contribution in [-0.4, -0.2) is 24.9 Å². The Kier molecular flexibility index (Phi) is 4.54. The first-order chi connectivity index (χ1) is 9.43. The van der Waals surface area contributed by atoms with E-state index >= 15 is 0 Å². The molecule has 1 N–H and O–H groups in total. The Balaban J connectivity index is 2.18. The van der Waals surface area contributed by atoms with Crippen LogP contribution in [0.3, 0.4) is 0 Å². The SMILES string of the molecule is CN(Cc1ccc(F)cc1)S(=O)(=O)c1ccc(CO)s1. The van der Waals surface area contributed by atoms with Crippen LogP contribution in [0.4, 0.5) is 4.39 Å². The van der Waals surface area contributed by atoms with Gasteiger partial charge < -0.3 is 5.11 Å². The van der Waals surface area contributed by atoms with Crippen molar-refractivity contribution in [1.82, 2.24) is 4.31 Å². The van der Waals surface area contributed by atoms with Crippen molar-refractivity contribution in [3.05, 3.63) is 52.7 Å². The zero-order valence-electron chi connectivity index (χ0n) is 10.8. The number of thiophene rings is 1. The summed E-state index contributed by atoms with van der Waals surface area (Å²) in [5.41, 5.74) is 0.705. The van der Waals surface area contributed by atoms with Gasteiger partial charge in [0.1, 0.15) is 10.0 Å². The Morgan fingerprint density at radius 3 is 2.40 bits per heavy atom. The number of halogens is 1. The van der Waals surface area contributed by atoms with E-state index in [2.05, 4.69) is 0 Å². The number of hydrogen-bond donors (Lipinski definition) is 1. The predicted octanol–water partition coefficient (Wildman–Crippen LogP) is 2.20. The quantitative estimate of drug-likeness (QED) is 0.920. The second-order valence-corrected chi connectivity index (χ2v) is 7.71. The summed E-state index contributed by atoms with van der Waals surface area (Å²) in [6, 6.07) is 8.76. The van der Waals surface area contributed by atoms with Gasteiger partial charge >= 0.3 is 0 Å². The molecule has 0 saturated heterocycles. The van der Waals surface area contributed by atoms with Crippen LogP contribution in [0.5, 0.6) is 0 Å². The Labute approximate surface area is 121 Å². The molecule has 7 heteroatoms. The lowest BCUT2D eigenvalue weighted by atomic mass is 10.2. The Morgan fingerprint density at radius 2 is 1.85 bits per heavy atom. The first-order valence-electron chi connectivity index (χ1n) is 5.84. The second kappa shape index (κ2) is 6.01. The summed E-state index contributed by atoms with van der Waals surface area (Å²) in [7, 11) is -2.12. The third-order valence-corrected chi connectivity index (χ3v) is 6.12. The van der Waals surface area contributed by atoms with Crippen LogP contribution in [0.1, 0.15) is 10.4 Å². The molecule has 0 unspecified atom stereocenters. The van der Waals surface area contributed by atoms with Crippen molar-refractivity contribution in [2.24, 2.45) is 0 Å². The molecule has 1 heterocycles. The Bertz CT molecular complexity index is 680. The second-order valence-electron chi connectivity index (χ2n) is 4.27. The molecule has 2 aromatic rings. The minimum absolute atomic E-state index is 0.162. The molecule has 0 spiro atoms. The first-order valence-corrected chi connectivity index (χ1v) is 8.09. The molecule has 2 rings (SSSR count). The molecule has 108 valence electrons. The largest absolute Gasteiger partial charge is 0.391 e. The molecule has 20 heavy (non-hydrogen) atoms. The lowest BCUT2D eigenvalue weighted by Gasteiger charge is -2.16. The molecule has 0 bridgehead atoms. The van der Waals surface area contributed by atoms with E-state index in [1.807, 2.05) is 0 Å². The lowest BCUT2D eigenvalue weighted by Crippen LogP contribution is -2.25. The summed E-state index contributed by atoms with van der Waals surface area (Å²) in [6.45, 7) is -0.0170. The van der Waals surface area contributed by atoms with Gasteiger partial charge in [-0.1, -0.05) is 12.1 Å². The average molecular weight is 315 g/mol. The van der Waals surface area contributed by atoms with Crippen molar-refractivity contribution in [1.29, 1.82) is 0 Å². The van der Waals surface area contributed by atoms with Gasteiger partial charge in [0, 0.05) is 18.5 Å². The van der Waals surface area contributed by atoms with Crippen LogP contribution in [0, 0.1) is 5.82 Å². The third kappa shape index (κ3) is 3.24. The molecule has 1 aromatic carbocycles. The van der Waals surface area contributed by atoms with Crippen LogP contribution in [-0.2, 0) is 23.2 Å². The number of rotatable bonds is 5. The topological polar surface area (TPSA) is 57.6 Å². The van der Waals surface area contributed by atoms with Crippen LogP contribution >= 0.6 is 11.3 Å². The highest BCUT2D eigenvalue weighted by Gasteiger charge is 2.22. The molecule has 0 amide bonds. The average Bonchev–Trinajstić information content (AvgIpc) is 2.90. The molecule has 0 aliphatic heterocycles. The van der Waals surface area contributed by atoms with Gasteiger partial charge in [-0.15, -0.1) is 11.3 Å². The van der Waals surface area contributed by atoms with Crippen molar-refractivity contribution in [3.63, 3.8) is 0 Å². The van der Waals surface area contributed by atoms with Gasteiger partial charge in [-0.3, -0.25) is 0 Å². The van der Waals surface area contributed by atoms with Gasteiger partial charge in [0.25, 0.3) is 10.0 Å². The zero-order valence-corrected chi connectivity index (χ0v) is 12.4. The molecule has 0 atom stereocenters. The molecule has 0 saturated carbocycles. The van der Waals surface area contributed by atoms with E-state index in [1.165, 1.54) is 29.6 Å². The lowest BCUT2D eigenvalue weighted by molar-refractivity contribution is 0.285.